The molecule has 2 aromatic rings. The normalized spacial score (nSPS) is 19.4. The van der Waals surface area contributed by atoms with Crippen LogP contribution in [0.5, 0.6) is 0 Å². The predicted octanol–water partition coefficient (Wildman–Crippen LogP) is 1.36. The number of likely N-dealkylation sites (tertiary alicyclic amines) is 1. The quantitative estimate of drug-likeness (QED) is 0.807. The van der Waals surface area contributed by atoms with Gasteiger partial charge in [-0.1, -0.05) is 6.07 Å². The van der Waals surface area contributed by atoms with Gasteiger partial charge in [0, 0.05) is 31.3 Å². The Bertz CT molecular complexity index is 899. The summed E-state index contributed by atoms with van der Waals surface area (Å²) in [5, 5.41) is 4.50. The highest BCUT2D eigenvalue weighted by molar-refractivity contribution is 7.90. The first-order valence-electron chi connectivity index (χ1n) is 8.57. The summed E-state index contributed by atoms with van der Waals surface area (Å²) in [5.41, 5.74) is 1.60. The molecule has 1 amide bonds. The van der Waals surface area contributed by atoms with Gasteiger partial charge in [0.2, 0.25) is 0 Å². The van der Waals surface area contributed by atoms with Crippen LogP contribution in [0.2, 0.25) is 0 Å². The molecular weight excluding hydrogens is 340 g/mol. The Morgan fingerprint density at radius 2 is 1.92 bits per heavy atom. The minimum Gasteiger partial charge on any atom is -0.337 e. The van der Waals surface area contributed by atoms with Crippen LogP contribution in [0.25, 0.3) is 5.82 Å². The summed E-state index contributed by atoms with van der Waals surface area (Å²) in [6.07, 6.45) is 5.10. The van der Waals surface area contributed by atoms with Crippen LogP contribution in [0, 0.1) is 0 Å². The molecule has 1 fully saturated rings. The van der Waals surface area contributed by atoms with E-state index in [-0.39, 0.29) is 23.1 Å². The average Bonchev–Trinajstić information content (AvgIpc) is 3.00. The predicted molar refractivity (Wildman–Crippen MR) is 92.3 cm³/mol. The maximum Gasteiger partial charge on any atom is 0.274 e. The molecule has 25 heavy (non-hydrogen) atoms. The van der Waals surface area contributed by atoms with E-state index in [9.17, 15) is 13.2 Å². The zero-order valence-corrected chi connectivity index (χ0v) is 14.7. The van der Waals surface area contributed by atoms with Crippen molar-refractivity contribution in [1.82, 2.24) is 19.7 Å². The molecule has 1 saturated heterocycles. The van der Waals surface area contributed by atoms with Crippen molar-refractivity contribution in [3.8, 4) is 5.82 Å². The van der Waals surface area contributed by atoms with E-state index in [4.69, 9.17) is 0 Å². The molecule has 0 saturated carbocycles. The van der Waals surface area contributed by atoms with Crippen molar-refractivity contribution >= 4 is 15.7 Å². The van der Waals surface area contributed by atoms with Crippen LogP contribution >= 0.6 is 0 Å². The number of fused-ring (bicyclic) bond motifs is 1. The molecule has 0 bridgehead atoms. The first-order chi connectivity index (χ1) is 12.1. The third-order valence-electron chi connectivity index (χ3n) is 4.82. The second-order valence-electron chi connectivity index (χ2n) is 6.57. The maximum absolute atomic E-state index is 13.0. The molecule has 132 valence electrons. The van der Waals surface area contributed by atoms with E-state index in [1.54, 1.807) is 15.8 Å². The molecule has 2 aliphatic heterocycles. The minimum atomic E-state index is -3.20. The van der Waals surface area contributed by atoms with Gasteiger partial charge in [-0.05, 0) is 31.4 Å². The number of rotatable bonds is 2. The van der Waals surface area contributed by atoms with Crippen molar-refractivity contribution in [3.63, 3.8) is 0 Å². The van der Waals surface area contributed by atoms with Crippen LogP contribution in [0.15, 0.2) is 24.4 Å². The van der Waals surface area contributed by atoms with Gasteiger partial charge >= 0.3 is 0 Å². The molecule has 2 aromatic heterocycles. The van der Waals surface area contributed by atoms with Gasteiger partial charge in [-0.15, -0.1) is 0 Å². The molecule has 0 unspecified atom stereocenters. The number of piperidine rings is 1. The van der Waals surface area contributed by atoms with Gasteiger partial charge in [-0.3, -0.25) is 4.79 Å². The molecule has 0 aliphatic carbocycles. The van der Waals surface area contributed by atoms with E-state index in [1.807, 2.05) is 18.2 Å². The van der Waals surface area contributed by atoms with E-state index in [0.29, 0.717) is 30.9 Å². The average molecular weight is 360 g/mol. The zero-order valence-electron chi connectivity index (χ0n) is 13.9. The van der Waals surface area contributed by atoms with Crippen LogP contribution in [0.1, 0.15) is 41.0 Å². The minimum absolute atomic E-state index is 0.0792. The first kappa shape index (κ1) is 16.3. The van der Waals surface area contributed by atoms with Crippen molar-refractivity contribution in [2.45, 2.75) is 31.4 Å². The number of hydrogen-bond acceptors (Lipinski definition) is 5. The summed E-state index contributed by atoms with van der Waals surface area (Å²) < 4.78 is 25.9. The molecule has 8 heteroatoms. The van der Waals surface area contributed by atoms with E-state index in [2.05, 4.69) is 10.1 Å². The number of amides is 1. The second-order valence-corrected chi connectivity index (χ2v) is 8.75. The van der Waals surface area contributed by atoms with Crippen molar-refractivity contribution in [2.24, 2.45) is 0 Å². The van der Waals surface area contributed by atoms with Crippen molar-refractivity contribution in [1.29, 1.82) is 0 Å². The number of aromatic nitrogens is 3. The van der Waals surface area contributed by atoms with Crippen molar-refractivity contribution < 1.29 is 13.2 Å². The number of carbonyl (C=O) groups is 1. The lowest BCUT2D eigenvalue weighted by atomic mass is 10.1. The SMILES string of the molecule is O=C(c1nn(-c2ccccn2)c2c1CS(=O)(=O)CC2)N1CCCCC1. The van der Waals surface area contributed by atoms with Crippen LogP contribution in [-0.4, -0.2) is 52.8 Å². The fourth-order valence-electron chi connectivity index (χ4n) is 3.53. The van der Waals surface area contributed by atoms with Gasteiger partial charge in [0.05, 0.1) is 17.2 Å². The Hall–Kier alpha value is -2.22. The maximum atomic E-state index is 13.0. The summed E-state index contributed by atoms with van der Waals surface area (Å²) in [5.74, 6) is 0.401. The fourth-order valence-corrected chi connectivity index (χ4v) is 4.92. The van der Waals surface area contributed by atoms with Gasteiger partial charge in [0.15, 0.2) is 21.3 Å². The molecule has 4 rings (SSSR count). The molecule has 0 radical (unpaired) electrons. The standard InChI is InChI=1S/C17H20N4O3S/c22-17(20-9-4-1-5-10-20)16-13-12-25(23,24)11-7-14(13)21(19-16)15-6-2-3-8-18-15/h2-3,6,8H,1,4-5,7,9-12H2. The molecule has 2 aliphatic rings. The highest BCUT2D eigenvalue weighted by Crippen LogP contribution is 2.27. The number of sulfone groups is 1. The Labute approximate surface area is 146 Å². The summed E-state index contributed by atoms with van der Waals surface area (Å²) in [4.78, 5) is 19.1. The summed E-state index contributed by atoms with van der Waals surface area (Å²) in [6.45, 7) is 1.41. The van der Waals surface area contributed by atoms with Gasteiger partial charge in [-0.2, -0.15) is 5.10 Å². The van der Waals surface area contributed by atoms with E-state index in [1.165, 1.54) is 0 Å². The monoisotopic (exact) mass is 360 g/mol. The van der Waals surface area contributed by atoms with E-state index < -0.39 is 9.84 Å². The van der Waals surface area contributed by atoms with Gasteiger partial charge in [0.1, 0.15) is 0 Å². The Balaban J connectivity index is 1.81. The Morgan fingerprint density at radius 1 is 1.12 bits per heavy atom. The molecule has 4 heterocycles. The number of hydrogen-bond donors (Lipinski definition) is 0. The van der Waals surface area contributed by atoms with Gasteiger partial charge in [-0.25, -0.2) is 18.1 Å². The van der Waals surface area contributed by atoms with Crippen molar-refractivity contribution in [3.05, 3.63) is 41.3 Å². The lowest BCUT2D eigenvalue weighted by Gasteiger charge is -2.26. The molecular formula is C17H20N4O3S. The molecule has 7 nitrogen and oxygen atoms in total. The lowest BCUT2D eigenvalue weighted by Crippen LogP contribution is -2.36. The summed E-state index contributed by atoms with van der Waals surface area (Å²) in [6, 6.07) is 5.47. The molecule has 0 aromatic carbocycles. The van der Waals surface area contributed by atoms with Crippen LogP contribution in [0.4, 0.5) is 0 Å². The fraction of sp³-hybridized carbons (Fsp3) is 0.471. The van der Waals surface area contributed by atoms with Crippen LogP contribution in [0.3, 0.4) is 0 Å². The molecule has 0 spiro atoms. The van der Waals surface area contributed by atoms with Crippen molar-refractivity contribution in [2.75, 3.05) is 18.8 Å². The molecule has 0 atom stereocenters. The van der Waals surface area contributed by atoms with Gasteiger partial charge < -0.3 is 4.90 Å². The smallest absolute Gasteiger partial charge is 0.274 e. The van der Waals surface area contributed by atoms with E-state index in [0.717, 1.165) is 25.0 Å². The lowest BCUT2D eigenvalue weighted by molar-refractivity contribution is 0.0717. The third kappa shape index (κ3) is 3.06. The third-order valence-corrected chi connectivity index (χ3v) is 6.37. The highest BCUT2D eigenvalue weighted by Gasteiger charge is 2.33. The number of nitrogens with zero attached hydrogens (tertiary/aromatic N) is 4. The first-order valence-corrected chi connectivity index (χ1v) is 10.4. The Kier molecular flexibility index (Phi) is 4.07. The van der Waals surface area contributed by atoms with Gasteiger partial charge in [0.25, 0.3) is 5.91 Å². The number of carbonyl (C=O) groups excluding carboxylic acids is 1. The summed E-state index contributed by atoms with van der Waals surface area (Å²) in [7, 11) is -3.20. The second kappa shape index (κ2) is 6.25. The number of pyridine rings is 1. The topological polar surface area (TPSA) is 85.2 Å². The zero-order chi connectivity index (χ0) is 17.4. The summed E-state index contributed by atoms with van der Waals surface area (Å²) >= 11 is 0. The van der Waals surface area contributed by atoms with Crippen LogP contribution < -0.4 is 0 Å². The largest absolute Gasteiger partial charge is 0.337 e. The highest BCUT2D eigenvalue weighted by atomic mass is 32.2. The Morgan fingerprint density at radius 3 is 2.64 bits per heavy atom. The molecule has 0 N–H and O–H groups in total. The van der Waals surface area contributed by atoms with E-state index >= 15 is 0 Å². The van der Waals surface area contributed by atoms with Crippen LogP contribution in [-0.2, 0) is 22.0 Å².